The Balaban J connectivity index is 2.35. The SMILES string of the molecule is CC(C)NC(=O)CNC(=O)[C@@H](C)Sc1ccccc1. The average Bonchev–Trinajstić information content (AvgIpc) is 2.36. The Morgan fingerprint density at radius 1 is 1.16 bits per heavy atom. The molecular formula is C14H20N2O2S. The van der Waals surface area contributed by atoms with Crippen molar-refractivity contribution in [2.45, 2.75) is 37.0 Å². The van der Waals surface area contributed by atoms with Crippen LogP contribution in [-0.2, 0) is 9.59 Å². The Morgan fingerprint density at radius 3 is 2.37 bits per heavy atom. The van der Waals surface area contributed by atoms with Gasteiger partial charge in [-0.25, -0.2) is 0 Å². The third-order valence-electron chi connectivity index (χ3n) is 2.30. The van der Waals surface area contributed by atoms with Crippen LogP contribution in [0.2, 0.25) is 0 Å². The minimum atomic E-state index is -0.228. The number of carbonyl (C=O) groups is 2. The van der Waals surface area contributed by atoms with Gasteiger partial charge in [0.1, 0.15) is 0 Å². The Bertz CT molecular complexity index is 421. The Hall–Kier alpha value is -1.49. The highest BCUT2D eigenvalue weighted by atomic mass is 32.2. The molecule has 1 aromatic carbocycles. The second kappa shape index (κ2) is 7.84. The molecule has 1 rings (SSSR count). The van der Waals surface area contributed by atoms with E-state index >= 15 is 0 Å². The van der Waals surface area contributed by atoms with Crippen molar-refractivity contribution in [1.82, 2.24) is 10.6 Å². The zero-order chi connectivity index (χ0) is 14.3. The molecule has 19 heavy (non-hydrogen) atoms. The molecular weight excluding hydrogens is 260 g/mol. The minimum Gasteiger partial charge on any atom is -0.352 e. The first-order valence-electron chi connectivity index (χ1n) is 6.28. The van der Waals surface area contributed by atoms with Crippen molar-refractivity contribution in [1.29, 1.82) is 0 Å². The van der Waals surface area contributed by atoms with E-state index in [0.29, 0.717) is 0 Å². The summed E-state index contributed by atoms with van der Waals surface area (Å²) in [5.74, 6) is -0.298. The van der Waals surface area contributed by atoms with Gasteiger partial charge in [0.05, 0.1) is 11.8 Å². The predicted molar refractivity (Wildman–Crippen MR) is 78.0 cm³/mol. The van der Waals surface area contributed by atoms with Crippen molar-refractivity contribution in [2.24, 2.45) is 0 Å². The van der Waals surface area contributed by atoms with Gasteiger partial charge < -0.3 is 10.6 Å². The molecule has 1 atom stereocenters. The number of nitrogens with one attached hydrogen (secondary N) is 2. The molecule has 0 aliphatic rings. The van der Waals surface area contributed by atoms with E-state index in [0.717, 1.165) is 4.90 Å². The van der Waals surface area contributed by atoms with Crippen LogP contribution in [0.3, 0.4) is 0 Å². The van der Waals surface area contributed by atoms with E-state index in [1.165, 1.54) is 11.8 Å². The van der Waals surface area contributed by atoms with Crippen molar-refractivity contribution in [3.63, 3.8) is 0 Å². The van der Waals surface area contributed by atoms with Crippen molar-refractivity contribution < 1.29 is 9.59 Å². The molecule has 0 radical (unpaired) electrons. The van der Waals surface area contributed by atoms with Crippen LogP contribution in [0, 0.1) is 0 Å². The van der Waals surface area contributed by atoms with E-state index < -0.39 is 0 Å². The van der Waals surface area contributed by atoms with Gasteiger partial charge in [-0.2, -0.15) is 0 Å². The standard InChI is InChI=1S/C14H20N2O2S/c1-10(2)16-13(17)9-15-14(18)11(3)19-12-7-5-4-6-8-12/h4-8,10-11H,9H2,1-3H3,(H,15,18)(H,16,17)/t11-/m1/s1. The van der Waals surface area contributed by atoms with Gasteiger partial charge in [-0.15, -0.1) is 11.8 Å². The molecule has 2 N–H and O–H groups in total. The Morgan fingerprint density at radius 2 is 1.79 bits per heavy atom. The van der Waals surface area contributed by atoms with E-state index in [9.17, 15) is 9.59 Å². The third-order valence-corrected chi connectivity index (χ3v) is 3.41. The summed E-state index contributed by atoms with van der Waals surface area (Å²) in [5.41, 5.74) is 0. The quantitative estimate of drug-likeness (QED) is 0.781. The van der Waals surface area contributed by atoms with E-state index in [-0.39, 0.29) is 29.7 Å². The molecule has 0 heterocycles. The molecule has 1 aromatic rings. The molecule has 0 saturated heterocycles. The van der Waals surface area contributed by atoms with Gasteiger partial charge in [0.15, 0.2) is 0 Å². The van der Waals surface area contributed by atoms with Crippen LogP contribution in [0.25, 0.3) is 0 Å². The first kappa shape index (κ1) is 15.6. The Labute approximate surface area is 118 Å². The highest BCUT2D eigenvalue weighted by Gasteiger charge is 2.15. The monoisotopic (exact) mass is 280 g/mol. The lowest BCUT2D eigenvalue weighted by molar-refractivity contribution is -0.125. The number of benzene rings is 1. The zero-order valence-electron chi connectivity index (χ0n) is 11.5. The van der Waals surface area contributed by atoms with Gasteiger partial charge in [0.25, 0.3) is 0 Å². The van der Waals surface area contributed by atoms with Crippen LogP contribution in [-0.4, -0.2) is 29.7 Å². The molecule has 0 aromatic heterocycles. The van der Waals surface area contributed by atoms with Gasteiger partial charge >= 0.3 is 0 Å². The summed E-state index contributed by atoms with van der Waals surface area (Å²) in [6.45, 7) is 5.62. The van der Waals surface area contributed by atoms with Crippen LogP contribution in [0.5, 0.6) is 0 Å². The number of hydrogen-bond donors (Lipinski definition) is 2. The summed E-state index contributed by atoms with van der Waals surface area (Å²) in [6.07, 6.45) is 0. The van der Waals surface area contributed by atoms with Crippen LogP contribution in [0.4, 0.5) is 0 Å². The molecule has 5 heteroatoms. The fraction of sp³-hybridized carbons (Fsp3) is 0.429. The second-order valence-corrected chi connectivity index (χ2v) is 5.93. The highest BCUT2D eigenvalue weighted by Crippen LogP contribution is 2.22. The maximum atomic E-state index is 11.8. The lowest BCUT2D eigenvalue weighted by Gasteiger charge is -2.13. The van der Waals surface area contributed by atoms with Gasteiger partial charge in [-0.05, 0) is 32.9 Å². The van der Waals surface area contributed by atoms with Gasteiger partial charge in [0, 0.05) is 10.9 Å². The fourth-order valence-electron chi connectivity index (χ4n) is 1.44. The zero-order valence-corrected chi connectivity index (χ0v) is 12.3. The average molecular weight is 280 g/mol. The van der Waals surface area contributed by atoms with Gasteiger partial charge in [-0.1, -0.05) is 18.2 Å². The molecule has 2 amide bonds. The maximum Gasteiger partial charge on any atom is 0.239 e. The largest absolute Gasteiger partial charge is 0.352 e. The predicted octanol–water partition coefficient (Wildman–Crippen LogP) is 1.81. The van der Waals surface area contributed by atoms with Gasteiger partial charge in [0.2, 0.25) is 11.8 Å². The molecule has 0 saturated carbocycles. The maximum absolute atomic E-state index is 11.8. The summed E-state index contributed by atoms with van der Waals surface area (Å²) in [4.78, 5) is 24.3. The number of amides is 2. The molecule has 0 spiro atoms. The molecule has 0 aliphatic carbocycles. The fourth-order valence-corrected chi connectivity index (χ4v) is 2.35. The van der Waals surface area contributed by atoms with E-state index in [2.05, 4.69) is 10.6 Å². The lowest BCUT2D eigenvalue weighted by atomic mass is 10.4. The van der Waals surface area contributed by atoms with Crippen LogP contribution < -0.4 is 10.6 Å². The second-order valence-electron chi connectivity index (χ2n) is 4.51. The first-order chi connectivity index (χ1) is 8.99. The molecule has 0 fully saturated rings. The summed E-state index contributed by atoms with van der Waals surface area (Å²) < 4.78 is 0. The van der Waals surface area contributed by atoms with Crippen LogP contribution in [0.1, 0.15) is 20.8 Å². The summed E-state index contributed by atoms with van der Waals surface area (Å²) in [6, 6.07) is 9.80. The van der Waals surface area contributed by atoms with Crippen LogP contribution in [0.15, 0.2) is 35.2 Å². The topological polar surface area (TPSA) is 58.2 Å². The van der Waals surface area contributed by atoms with Crippen molar-refractivity contribution in [3.05, 3.63) is 30.3 Å². The van der Waals surface area contributed by atoms with Crippen molar-refractivity contribution >= 4 is 23.6 Å². The Kier molecular flexibility index (Phi) is 6.42. The molecule has 0 aliphatic heterocycles. The van der Waals surface area contributed by atoms with Crippen LogP contribution >= 0.6 is 11.8 Å². The summed E-state index contributed by atoms with van der Waals surface area (Å²) >= 11 is 1.47. The van der Waals surface area contributed by atoms with E-state index in [4.69, 9.17) is 0 Å². The first-order valence-corrected chi connectivity index (χ1v) is 7.15. The van der Waals surface area contributed by atoms with Crippen molar-refractivity contribution in [2.75, 3.05) is 6.54 Å². The number of thioether (sulfide) groups is 1. The normalized spacial score (nSPS) is 12.0. The molecule has 0 unspecified atom stereocenters. The number of rotatable bonds is 6. The molecule has 104 valence electrons. The summed E-state index contributed by atoms with van der Waals surface area (Å²) in [7, 11) is 0. The third kappa shape index (κ3) is 6.29. The van der Waals surface area contributed by atoms with Crippen molar-refractivity contribution in [3.8, 4) is 0 Å². The minimum absolute atomic E-state index is 0.0245. The van der Waals surface area contributed by atoms with E-state index in [1.54, 1.807) is 0 Å². The number of hydrogen-bond acceptors (Lipinski definition) is 3. The van der Waals surface area contributed by atoms with E-state index in [1.807, 2.05) is 51.1 Å². The number of carbonyl (C=O) groups excluding carboxylic acids is 2. The summed E-state index contributed by atoms with van der Waals surface area (Å²) in [5, 5.41) is 5.13. The highest BCUT2D eigenvalue weighted by molar-refractivity contribution is 8.00. The lowest BCUT2D eigenvalue weighted by Crippen LogP contribution is -2.41. The molecule has 0 bridgehead atoms. The molecule has 4 nitrogen and oxygen atoms in total. The smallest absolute Gasteiger partial charge is 0.239 e. The van der Waals surface area contributed by atoms with Gasteiger partial charge in [-0.3, -0.25) is 9.59 Å².